The van der Waals surface area contributed by atoms with Crippen LogP contribution in [0.1, 0.15) is 25.8 Å². The summed E-state index contributed by atoms with van der Waals surface area (Å²) in [6.07, 6.45) is 0.999. The van der Waals surface area contributed by atoms with E-state index in [0.29, 0.717) is 5.92 Å². The van der Waals surface area contributed by atoms with Gasteiger partial charge in [-0.15, -0.1) is 0 Å². The van der Waals surface area contributed by atoms with Gasteiger partial charge in [0.15, 0.2) is 6.61 Å². The van der Waals surface area contributed by atoms with Crippen molar-refractivity contribution in [3.05, 3.63) is 29.8 Å². The molecule has 1 saturated heterocycles. The summed E-state index contributed by atoms with van der Waals surface area (Å²) in [5.74, 6) is 1.28. The van der Waals surface area contributed by atoms with E-state index in [4.69, 9.17) is 4.74 Å². The molecule has 1 unspecified atom stereocenters. The highest BCUT2D eigenvalue weighted by molar-refractivity contribution is 5.78. The minimum Gasteiger partial charge on any atom is -0.484 e. The summed E-state index contributed by atoms with van der Waals surface area (Å²) in [6.45, 7) is 9.14. The Morgan fingerprint density at radius 1 is 1.38 bits per heavy atom. The molecule has 1 aromatic rings. The number of aryl methyl sites for hydroxylation is 1. The summed E-state index contributed by atoms with van der Waals surface area (Å²) in [5.41, 5.74) is 1.19. The summed E-state index contributed by atoms with van der Waals surface area (Å²) < 4.78 is 5.63. The fourth-order valence-corrected chi connectivity index (χ4v) is 2.67. The minimum absolute atomic E-state index is 0.0815. The van der Waals surface area contributed by atoms with Gasteiger partial charge in [-0.05, 0) is 37.9 Å². The molecule has 0 spiro atoms. The van der Waals surface area contributed by atoms with Crippen molar-refractivity contribution in [2.24, 2.45) is 5.92 Å². The third-order valence-electron chi connectivity index (χ3n) is 3.98. The number of rotatable bonds is 4. The monoisotopic (exact) mass is 290 g/mol. The Bertz CT molecular complexity index is 456. The van der Waals surface area contributed by atoms with Gasteiger partial charge in [0.05, 0.1) is 0 Å². The number of hydrogen-bond donors (Lipinski definition) is 1. The third kappa shape index (κ3) is 4.46. The second-order valence-electron chi connectivity index (χ2n) is 6.06. The molecule has 1 aliphatic heterocycles. The lowest BCUT2D eigenvalue weighted by Crippen LogP contribution is -2.48. The lowest BCUT2D eigenvalue weighted by molar-refractivity contribution is -0.136. The Morgan fingerprint density at radius 2 is 2.10 bits per heavy atom. The molecule has 1 aromatic carbocycles. The summed E-state index contributed by atoms with van der Waals surface area (Å²) in [7, 11) is 0. The molecular weight excluding hydrogens is 264 g/mol. The molecule has 0 aromatic heterocycles. The third-order valence-corrected chi connectivity index (χ3v) is 3.98. The molecule has 0 aliphatic carbocycles. The van der Waals surface area contributed by atoms with Crippen molar-refractivity contribution < 1.29 is 9.53 Å². The van der Waals surface area contributed by atoms with E-state index < -0.39 is 0 Å². The molecular formula is C17H26N2O2. The van der Waals surface area contributed by atoms with Crippen LogP contribution in [0.25, 0.3) is 0 Å². The van der Waals surface area contributed by atoms with Crippen LogP contribution in [0.5, 0.6) is 5.75 Å². The summed E-state index contributed by atoms with van der Waals surface area (Å²) in [4.78, 5) is 14.5. The van der Waals surface area contributed by atoms with Crippen molar-refractivity contribution in [1.82, 2.24) is 10.2 Å². The van der Waals surface area contributed by atoms with Crippen LogP contribution in [-0.4, -0.2) is 43.1 Å². The first kappa shape index (κ1) is 15.8. The van der Waals surface area contributed by atoms with Gasteiger partial charge >= 0.3 is 0 Å². The predicted octanol–water partition coefficient (Wildman–Crippen LogP) is 2.22. The van der Waals surface area contributed by atoms with Gasteiger partial charge < -0.3 is 15.0 Å². The van der Waals surface area contributed by atoms with E-state index in [2.05, 4.69) is 19.2 Å². The smallest absolute Gasteiger partial charge is 0.260 e. The molecule has 1 N–H and O–H groups in total. The van der Waals surface area contributed by atoms with E-state index in [0.717, 1.165) is 31.8 Å². The normalized spacial score (nSPS) is 19.4. The van der Waals surface area contributed by atoms with Crippen LogP contribution >= 0.6 is 0 Å². The molecule has 1 amide bonds. The molecule has 4 nitrogen and oxygen atoms in total. The number of nitrogens with zero attached hydrogens (tertiary/aromatic N) is 1. The number of nitrogens with one attached hydrogen (secondary N) is 1. The molecule has 0 saturated carbocycles. The molecule has 0 radical (unpaired) electrons. The summed E-state index contributed by atoms with van der Waals surface area (Å²) in [6, 6.07) is 8.06. The fraction of sp³-hybridized carbons (Fsp3) is 0.588. The summed E-state index contributed by atoms with van der Waals surface area (Å²) in [5, 5.41) is 3.41. The van der Waals surface area contributed by atoms with Gasteiger partial charge in [-0.1, -0.05) is 31.5 Å². The fourth-order valence-electron chi connectivity index (χ4n) is 2.67. The topological polar surface area (TPSA) is 41.6 Å². The van der Waals surface area contributed by atoms with Gasteiger partial charge in [0.2, 0.25) is 0 Å². The van der Waals surface area contributed by atoms with Crippen molar-refractivity contribution >= 4 is 5.91 Å². The molecule has 1 fully saturated rings. The van der Waals surface area contributed by atoms with Crippen molar-refractivity contribution in [2.45, 2.75) is 33.2 Å². The summed E-state index contributed by atoms with van der Waals surface area (Å²) >= 11 is 0. The molecule has 4 heteroatoms. The van der Waals surface area contributed by atoms with Crippen LogP contribution < -0.4 is 10.1 Å². The Kier molecular flexibility index (Phi) is 5.62. The quantitative estimate of drug-likeness (QED) is 0.924. The lowest BCUT2D eigenvalue weighted by atomic mass is 10.0. The van der Waals surface area contributed by atoms with Gasteiger partial charge in [0, 0.05) is 19.1 Å². The van der Waals surface area contributed by atoms with Crippen molar-refractivity contribution in [3.8, 4) is 5.75 Å². The van der Waals surface area contributed by atoms with E-state index in [1.165, 1.54) is 5.56 Å². The predicted molar refractivity (Wildman–Crippen MR) is 84.5 cm³/mol. The van der Waals surface area contributed by atoms with Crippen LogP contribution in [0.4, 0.5) is 0 Å². The molecule has 2 rings (SSSR count). The van der Waals surface area contributed by atoms with Gasteiger partial charge in [-0.25, -0.2) is 0 Å². The zero-order valence-corrected chi connectivity index (χ0v) is 13.3. The SMILES string of the molecule is Cc1ccc(OCC(=O)N2CCCNCC2C(C)C)cc1. The highest BCUT2D eigenvalue weighted by atomic mass is 16.5. The number of amides is 1. The van der Waals surface area contributed by atoms with Gasteiger partial charge in [-0.2, -0.15) is 0 Å². The Hall–Kier alpha value is -1.55. The highest BCUT2D eigenvalue weighted by Crippen LogP contribution is 2.15. The van der Waals surface area contributed by atoms with Crippen LogP contribution in [0, 0.1) is 12.8 Å². The second kappa shape index (κ2) is 7.46. The largest absolute Gasteiger partial charge is 0.484 e. The molecule has 1 heterocycles. The van der Waals surface area contributed by atoms with E-state index in [1.807, 2.05) is 36.1 Å². The van der Waals surface area contributed by atoms with Gasteiger partial charge in [-0.3, -0.25) is 4.79 Å². The van der Waals surface area contributed by atoms with Crippen LogP contribution in [0.3, 0.4) is 0 Å². The Balaban J connectivity index is 1.95. The number of carbonyl (C=O) groups is 1. The Morgan fingerprint density at radius 3 is 2.76 bits per heavy atom. The number of benzene rings is 1. The lowest BCUT2D eigenvalue weighted by Gasteiger charge is -2.32. The number of hydrogen-bond acceptors (Lipinski definition) is 3. The van der Waals surface area contributed by atoms with E-state index in [1.54, 1.807) is 0 Å². The highest BCUT2D eigenvalue weighted by Gasteiger charge is 2.27. The average Bonchev–Trinajstić information content (AvgIpc) is 2.72. The van der Waals surface area contributed by atoms with Crippen molar-refractivity contribution in [3.63, 3.8) is 0 Å². The van der Waals surface area contributed by atoms with Gasteiger partial charge in [0.25, 0.3) is 5.91 Å². The minimum atomic E-state index is 0.0815. The van der Waals surface area contributed by atoms with Crippen molar-refractivity contribution in [2.75, 3.05) is 26.2 Å². The maximum Gasteiger partial charge on any atom is 0.260 e. The first-order chi connectivity index (χ1) is 10.1. The molecule has 1 aliphatic rings. The zero-order chi connectivity index (χ0) is 15.2. The van der Waals surface area contributed by atoms with Crippen LogP contribution in [-0.2, 0) is 4.79 Å². The average molecular weight is 290 g/mol. The maximum absolute atomic E-state index is 12.5. The van der Waals surface area contributed by atoms with E-state index in [-0.39, 0.29) is 18.6 Å². The molecule has 0 bridgehead atoms. The maximum atomic E-state index is 12.5. The standard InChI is InChI=1S/C17H26N2O2/c1-13(2)16-11-18-9-4-10-19(16)17(20)12-21-15-7-5-14(3)6-8-15/h5-8,13,16,18H,4,9-12H2,1-3H3. The van der Waals surface area contributed by atoms with Gasteiger partial charge in [0.1, 0.15) is 5.75 Å². The second-order valence-corrected chi connectivity index (χ2v) is 6.06. The van der Waals surface area contributed by atoms with Crippen LogP contribution in [0.2, 0.25) is 0 Å². The van der Waals surface area contributed by atoms with Crippen molar-refractivity contribution in [1.29, 1.82) is 0 Å². The number of ether oxygens (including phenoxy) is 1. The Labute approximate surface area is 127 Å². The van der Waals surface area contributed by atoms with E-state index in [9.17, 15) is 4.79 Å². The first-order valence-electron chi connectivity index (χ1n) is 7.77. The van der Waals surface area contributed by atoms with Crippen LogP contribution in [0.15, 0.2) is 24.3 Å². The first-order valence-corrected chi connectivity index (χ1v) is 7.77. The molecule has 21 heavy (non-hydrogen) atoms. The molecule has 116 valence electrons. The molecule has 1 atom stereocenters. The number of carbonyl (C=O) groups excluding carboxylic acids is 1. The van der Waals surface area contributed by atoms with E-state index >= 15 is 0 Å². The zero-order valence-electron chi connectivity index (χ0n) is 13.3.